The molecule has 1 aliphatic heterocycles. The maximum Gasteiger partial charge on any atom is 0.135 e. The Labute approximate surface area is 159 Å². The molecule has 0 radical (unpaired) electrons. The Morgan fingerprint density at radius 1 is 0.593 bits per heavy atom. The van der Waals surface area contributed by atoms with Crippen LogP contribution in [-0.4, -0.2) is 6.21 Å². The van der Waals surface area contributed by atoms with E-state index in [1.165, 1.54) is 0 Å². The maximum absolute atomic E-state index is 6.19. The molecule has 2 nitrogen and oxygen atoms in total. The molecule has 0 aromatic heterocycles. The quantitative estimate of drug-likeness (QED) is 0.498. The van der Waals surface area contributed by atoms with Crippen molar-refractivity contribution in [3.05, 3.63) is 126 Å². The molecule has 0 atom stereocenters. The number of benzene rings is 3. The van der Waals surface area contributed by atoms with Gasteiger partial charge in [-0.25, -0.2) is 0 Å². The molecule has 0 spiro atoms. The highest BCUT2D eigenvalue weighted by Crippen LogP contribution is 2.31. The second-order valence-electron chi connectivity index (χ2n) is 6.13. The Hall–Kier alpha value is -3.65. The Kier molecular flexibility index (Phi) is 5.07. The van der Waals surface area contributed by atoms with Crippen LogP contribution in [0.15, 0.2) is 120 Å². The first-order valence-corrected chi connectivity index (χ1v) is 8.90. The van der Waals surface area contributed by atoms with Crippen LogP contribution < -0.4 is 0 Å². The normalized spacial score (nSPS) is 13.7. The number of hydrogen-bond acceptors (Lipinski definition) is 2. The third kappa shape index (κ3) is 4.31. The smallest absolute Gasteiger partial charge is 0.135 e. The van der Waals surface area contributed by atoms with Crippen LogP contribution in [0.1, 0.15) is 11.1 Å². The number of ether oxygens (including phenoxy) is 1. The van der Waals surface area contributed by atoms with Crippen molar-refractivity contribution >= 4 is 23.4 Å². The van der Waals surface area contributed by atoms with Crippen molar-refractivity contribution in [2.75, 3.05) is 0 Å². The molecule has 1 heterocycles. The minimum Gasteiger partial charge on any atom is -0.456 e. The van der Waals surface area contributed by atoms with Gasteiger partial charge < -0.3 is 4.74 Å². The molecule has 3 aromatic rings. The fraction of sp³-hybridized carbons (Fsp3) is 0. The van der Waals surface area contributed by atoms with Crippen LogP contribution >= 0.6 is 0 Å². The number of aliphatic imine (C=N–C) groups is 1. The molecule has 27 heavy (non-hydrogen) atoms. The van der Waals surface area contributed by atoms with Gasteiger partial charge in [0, 0.05) is 17.3 Å². The molecule has 0 amide bonds. The lowest BCUT2D eigenvalue weighted by molar-refractivity contribution is 0.467. The van der Waals surface area contributed by atoms with Gasteiger partial charge in [-0.2, -0.15) is 0 Å². The molecule has 0 saturated carbocycles. The van der Waals surface area contributed by atoms with Crippen LogP contribution in [0.25, 0.3) is 11.5 Å². The van der Waals surface area contributed by atoms with Crippen LogP contribution in [-0.2, 0) is 4.74 Å². The zero-order chi connectivity index (χ0) is 18.3. The molecule has 0 fully saturated rings. The third-order valence-electron chi connectivity index (χ3n) is 4.18. The molecular formula is C25H19NO. The van der Waals surface area contributed by atoms with E-state index in [2.05, 4.69) is 29.3 Å². The molecule has 130 valence electrons. The first-order chi connectivity index (χ1) is 13.4. The zero-order valence-electron chi connectivity index (χ0n) is 14.8. The van der Waals surface area contributed by atoms with Crippen molar-refractivity contribution in [2.24, 2.45) is 4.99 Å². The average Bonchev–Trinajstić information content (AvgIpc) is 2.76. The van der Waals surface area contributed by atoms with Gasteiger partial charge in [0.2, 0.25) is 0 Å². The fourth-order valence-corrected chi connectivity index (χ4v) is 2.83. The number of para-hydroxylation sites is 1. The Balaban J connectivity index is 1.68. The van der Waals surface area contributed by atoms with E-state index in [4.69, 9.17) is 4.74 Å². The lowest BCUT2D eigenvalue weighted by Gasteiger charge is -2.18. The predicted octanol–water partition coefficient (Wildman–Crippen LogP) is 6.43. The van der Waals surface area contributed by atoms with E-state index in [-0.39, 0.29) is 0 Å². The molecule has 0 aliphatic carbocycles. The standard InChI is InChI=1S/C25H19NO/c1-4-10-21(11-5-1)24-18-20(16-17-26-23-14-8-3-9-15-23)19-25(27-24)22-12-6-2-7-13-22/h1-19H. The average molecular weight is 349 g/mol. The lowest BCUT2D eigenvalue weighted by Crippen LogP contribution is -1.99. The van der Waals surface area contributed by atoms with Crippen LogP contribution in [0.2, 0.25) is 0 Å². The van der Waals surface area contributed by atoms with Gasteiger partial charge in [-0.1, -0.05) is 78.9 Å². The van der Waals surface area contributed by atoms with E-state index >= 15 is 0 Å². The van der Waals surface area contributed by atoms with E-state index in [0.717, 1.165) is 33.9 Å². The van der Waals surface area contributed by atoms with Crippen molar-refractivity contribution in [3.8, 4) is 0 Å². The van der Waals surface area contributed by atoms with Gasteiger partial charge in [0.15, 0.2) is 0 Å². The SMILES string of the molecule is C(C=C1C=C(c2ccccc2)OC(c2ccccc2)=C1)=Nc1ccccc1. The summed E-state index contributed by atoms with van der Waals surface area (Å²) in [5.41, 5.74) is 4.06. The van der Waals surface area contributed by atoms with Crippen molar-refractivity contribution in [2.45, 2.75) is 0 Å². The van der Waals surface area contributed by atoms with Crippen molar-refractivity contribution in [1.82, 2.24) is 0 Å². The molecule has 1 aliphatic rings. The molecule has 0 unspecified atom stereocenters. The van der Waals surface area contributed by atoms with Crippen LogP contribution in [0.4, 0.5) is 5.69 Å². The summed E-state index contributed by atoms with van der Waals surface area (Å²) in [4.78, 5) is 4.50. The highest BCUT2D eigenvalue weighted by Gasteiger charge is 2.14. The molecule has 2 heteroatoms. The topological polar surface area (TPSA) is 21.6 Å². The third-order valence-corrected chi connectivity index (χ3v) is 4.18. The van der Waals surface area contributed by atoms with Gasteiger partial charge in [0.25, 0.3) is 0 Å². The minimum atomic E-state index is 0.830. The molecular weight excluding hydrogens is 330 g/mol. The first kappa shape index (κ1) is 16.8. The highest BCUT2D eigenvalue weighted by molar-refractivity contribution is 5.83. The summed E-state index contributed by atoms with van der Waals surface area (Å²) in [6.07, 6.45) is 7.91. The number of allylic oxidation sites excluding steroid dienone is 4. The van der Waals surface area contributed by atoms with Gasteiger partial charge in [-0.15, -0.1) is 0 Å². The van der Waals surface area contributed by atoms with E-state index < -0.39 is 0 Å². The van der Waals surface area contributed by atoms with Crippen LogP contribution in [0.3, 0.4) is 0 Å². The Bertz CT molecular complexity index is 956. The molecule has 4 rings (SSSR count). The van der Waals surface area contributed by atoms with Gasteiger partial charge in [0.1, 0.15) is 11.5 Å². The molecule has 3 aromatic carbocycles. The zero-order valence-corrected chi connectivity index (χ0v) is 14.8. The molecule has 0 saturated heterocycles. The minimum absolute atomic E-state index is 0.830. The van der Waals surface area contributed by atoms with E-state index in [9.17, 15) is 0 Å². The predicted molar refractivity (Wildman–Crippen MR) is 113 cm³/mol. The summed E-state index contributed by atoms with van der Waals surface area (Å²) in [5.74, 6) is 1.66. The van der Waals surface area contributed by atoms with E-state index in [1.807, 2.05) is 91.2 Å². The second-order valence-corrected chi connectivity index (χ2v) is 6.13. The summed E-state index contributed by atoms with van der Waals surface area (Å²) in [6.45, 7) is 0. The van der Waals surface area contributed by atoms with Crippen LogP contribution in [0, 0.1) is 0 Å². The summed E-state index contributed by atoms with van der Waals surface area (Å²) in [7, 11) is 0. The molecule has 0 bridgehead atoms. The van der Waals surface area contributed by atoms with E-state index in [1.54, 1.807) is 0 Å². The fourth-order valence-electron chi connectivity index (χ4n) is 2.83. The van der Waals surface area contributed by atoms with Gasteiger partial charge in [-0.3, -0.25) is 4.99 Å². The van der Waals surface area contributed by atoms with Crippen molar-refractivity contribution < 1.29 is 4.74 Å². The van der Waals surface area contributed by atoms with Crippen molar-refractivity contribution in [3.63, 3.8) is 0 Å². The maximum atomic E-state index is 6.19. The number of rotatable bonds is 4. The first-order valence-electron chi connectivity index (χ1n) is 8.90. The molecule has 0 N–H and O–H groups in total. The lowest BCUT2D eigenvalue weighted by atomic mass is 10.0. The monoisotopic (exact) mass is 349 g/mol. The van der Waals surface area contributed by atoms with Gasteiger partial charge >= 0.3 is 0 Å². The summed E-state index contributed by atoms with van der Waals surface area (Å²) in [6, 6.07) is 30.2. The summed E-state index contributed by atoms with van der Waals surface area (Å²) >= 11 is 0. The van der Waals surface area contributed by atoms with Gasteiger partial charge in [-0.05, 0) is 35.9 Å². The Morgan fingerprint density at radius 3 is 1.59 bits per heavy atom. The largest absolute Gasteiger partial charge is 0.456 e. The second kappa shape index (κ2) is 8.15. The highest BCUT2D eigenvalue weighted by atomic mass is 16.5. The number of nitrogens with zero attached hydrogens (tertiary/aromatic N) is 1. The van der Waals surface area contributed by atoms with Gasteiger partial charge in [0.05, 0.1) is 5.69 Å². The summed E-state index contributed by atoms with van der Waals surface area (Å²) < 4.78 is 6.19. The van der Waals surface area contributed by atoms with Crippen molar-refractivity contribution in [1.29, 1.82) is 0 Å². The number of hydrogen-bond donors (Lipinski definition) is 0. The summed E-state index contributed by atoms with van der Waals surface area (Å²) in [5, 5.41) is 0. The van der Waals surface area contributed by atoms with E-state index in [0.29, 0.717) is 0 Å². The Morgan fingerprint density at radius 2 is 1.07 bits per heavy atom. The van der Waals surface area contributed by atoms with Crippen LogP contribution in [0.5, 0.6) is 0 Å².